The SMILES string of the molecule is CCOC(=O)CC1C(c2ccc(O)cc2)C1(Br)Br. The van der Waals surface area contributed by atoms with Crippen LogP contribution in [0.4, 0.5) is 0 Å². The minimum Gasteiger partial charge on any atom is -0.508 e. The smallest absolute Gasteiger partial charge is 0.306 e. The number of phenolic OH excluding ortho intramolecular Hbond substituents is 1. The molecule has 0 aromatic heterocycles. The number of halogens is 2. The minimum atomic E-state index is -0.246. The van der Waals surface area contributed by atoms with Gasteiger partial charge in [0.05, 0.1) is 16.3 Å². The second-order valence-corrected chi connectivity index (χ2v) is 8.05. The molecular weight excluding hydrogens is 364 g/mol. The largest absolute Gasteiger partial charge is 0.508 e. The molecule has 1 fully saturated rings. The van der Waals surface area contributed by atoms with E-state index in [0.29, 0.717) is 13.0 Å². The summed E-state index contributed by atoms with van der Waals surface area (Å²) >= 11 is 7.20. The first-order valence-corrected chi connectivity index (χ1v) is 7.37. The quantitative estimate of drug-likeness (QED) is 0.644. The van der Waals surface area contributed by atoms with Crippen molar-refractivity contribution in [1.82, 2.24) is 0 Å². The number of phenols is 1. The van der Waals surface area contributed by atoms with E-state index in [4.69, 9.17) is 4.74 Å². The summed E-state index contributed by atoms with van der Waals surface area (Å²) in [6, 6.07) is 7.07. The summed E-state index contributed by atoms with van der Waals surface area (Å²) in [6.45, 7) is 2.21. The lowest BCUT2D eigenvalue weighted by Crippen LogP contribution is -2.06. The highest BCUT2D eigenvalue weighted by atomic mass is 79.9. The maximum Gasteiger partial charge on any atom is 0.306 e. The van der Waals surface area contributed by atoms with Gasteiger partial charge in [0.2, 0.25) is 0 Å². The molecule has 1 N–H and O–H groups in total. The zero-order valence-corrected chi connectivity index (χ0v) is 13.1. The molecule has 5 heteroatoms. The molecule has 1 aromatic rings. The topological polar surface area (TPSA) is 46.5 Å². The van der Waals surface area contributed by atoms with Crippen molar-refractivity contribution in [2.45, 2.75) is 22.5 Å². The fraction of sp³-hybridized carbons (Fsp3) is 0.462. The number of ether oxygens (including phenoxy) is 1. The van der Waals surface area contributed by atoms with Gasteiger partial charge in [0.25, 0.3) is 0 Å². The molecule has 98 valence electrons. The van der Waals surface area contributed by atoms with E-state index in [1.807, 2.05) is 12.1 Å². The Kier molecular flexibility index (Phi) is 4.02. The number of carbonyl (C=O) groups excluding carboxylic acids is 1. The molecule has 0 heterocycles. The zero-order valence-electron chi connectivity index (χ0n) is 9.90. The van der Waals surface area contributed by atoms with Crippen molar-refractivity contribution < 1.29 is 14.6 Å². The maximum atomic E-state index is 11.5. The van der Waals surface area contributed by atoms with Crippen LogP contribution in [0.15, 0.2) is 24.3 Å². The average Bonchev–Trinajstić information content (AvgIpc) is 2.82. The van der Waals surface area contributed by atoms with Gasteiger partial charge in [-0.1, -0.05) is 44.0 Å². The molecule has 0 spiro atoms. The first-order chi connectivity index (χ1) is 8.46. The number of carbonyl (C=O) groups is 1. The average molecular weight is 378 g/mol. The van der Waals surface area contributed by atoms with Crippen LogP contribution in [0.2, 0.25) is 0 Å². The van der Waals surface area contributed by atoms with Crippen molar-refractivity contribution in [2.75, 3.05) is 6.61 Å². The molecule has 1 aromatic carbocycles. The minimum absolute atomic E-state index is 0.168. The molecule has 2 atom stereocenters. The molecule has 2 unspecified atom stereocenters. The first-order valence-electron chi connectivity index (χ1n) is 5.79. The van der Waals surface area contributed by atoms with Crippen molar-refractivity contribution in [3.63, 3.8) is 0 Å². The Morgan fingerprint density at radius 2 is 2.00 bits per heavy atom. The standard InChI is InChI=1S/C13H14Br2O3/c1-2-18-11(17)7-10-12(13(10,14)15)8-3-5-9(16)6-4-8/h3-6,10,12,16H,2,7H2,1H3. The summed E-state index contributed by atoms with van der Waals surface area (Å²) in [5, 5.41) is 9.27. The van der Waals surface area contributed by atoms with Crippen LogP contribution in [0.3, 0.4) is 0 Å². The Morgan fingerprint density at radius 1 is 1.39 bits per heavy atom. The lowest BCUT2D eigenvalue weighted by atomic mass is 10.1. The van der Waals surface area contributed by atoms with Gasteiger partial charge in [0, 0.05) is 11.8 Å². The summed E-state index contributed by atoms with van der Waals surface area (Å²) in [5.74, 6) is 0.451. The highest BCUT2D eigenvalue weighted by Crippen LogP contribution is 2.68. The van der Waals surface area contributed by atoms with Crippen molar-refractivity contribution >= 4 is 37.8 Å². The normalized spacial score (nSPS) is 24.6. The van der Waals surface area contributed by atoms with Crippen LogP contribution in [0.25, 0.3) is 0 Å². The molecular formula is C13H14Br2O3. The third-order valence-electron chi connectivity index (χ3n) is 3.15. The van der Waals surface area contributed by atoms with Crippen LogP contribution < -0.4 is 0 Å². The third kappa shape index (κ3) is 2.72. The van der Waals surface area contributed by atoms with Gasteiger partial charge in [0.15, 0.2) is 0 Å². The molecule has 0 bridgehead atoms. The number of hydrogen-bond acceptors (Lipinski definition) is 3. The Morgan fingerprint density at radius 3 is 2.56 bits per heavy atom. The lowest BCUT2D eigenvalue weighted by Gasteiger charge is -2.01. The predicted molar refractivity (Wildman–Crippen MR) is 76.2 cm³/mol. The van der Waals surface area contributed by atoms with E-state index in [9.17, 15) is 9.90 Å². The Bertz CT molecular complexity index is 442. The summed E-state index contributed by atoms with van der Waals surface area (Å²) in [7, 11) is 0. The number of benzene rings is 1. The number of hydrogen-bond donors (Lipinski definition) is 1. The van der Waals surface area contributed by atoms with Crippen LogP contribution in [0.1, 0.15) is 24.8 Å². The molecule has 0 amide bonds. The van der Waals surface area contributed by atoms with Gasteiger partial charge in [-0.3, -0.25) is 4.79 Å². The van der Waals surface area contributed by atoms with E-state index < -0.39 is 0 Å². The molecule has 1 aliphatic rings. The lowest BCUT2D eigenvalue weighted by molar-refractivity contribution is -0.143. The number of esters is 1. The third-order valence-corrected chi connectivity index (χ3v) is 5.31. The van der Waals surface area contributed by atoms with Crippen LogP contribution in [-0.2, 0) is 9.53 Å². The van der Waals surface area contributed by atoms with Crippen LogP contribution in [0, 0.1) is 5.92 Å². The zero-order chi connectivity index (χ0) is 13.3. The molecule has 3 nitrogen and oxygen atoms in total. The van der Waals surface area contributed by atoms with Gasteiger partial charge < -0.3 is 9.84 Å². The number of rotatable bonds is 4. The van der Waals surface area contributed by atoms with E-state index in [1.54, 1.807) is 19.1 Å². The Labute approximate surface area is 123 Å². The van der Waals surface area contributed by atoms with E-state index in [2.05, 4.69) is 31.9 Å². The van der Waals surface area contributed by atoms with Gasteiger partial charge in [-0.2, -0.15) is 0 Å². The number of aromatic hydroxyl groups is 1. The van der Waals surface area contributed by atoms with Crippen LogP contribution in [-0.4, -0.2) is 20.9 Å². The van der Waals surface area contributed by atoms with Gasteiger partial charge in [0.1, 0.15) is 5.75 Å². The number of alkyl halides is 2. The molecule has 0 aliphatic heterocycles. The summed E-state index contributed by atoms with van der Waals surface area (Å²) in [5.41, 5.74) is 1.09. The van der Waals surface area contributed by atoms with Crippen LogP contribution in [0.5, 0.6) is 5.75 Å². The maximum absolute atomic E-state index is 11.5. The van der Waals surface area contributed by atoms with E-state index in [-0.39, 0.29) is 26.8 Å². The van der Waals surface area contributed by atoms with Gasteiger partial charge in [-0.25, -0.2) is 0 Å². The molecule has 0 saturated heterocycles. The molecule has 18 heavy (non-hydrogen) atoms. The predicted octanol–water partition coefficient (Wildman–Crippen LogP) is 3.54. The van der Waals surface area contributed by atoms with Gasteiger partial charge in [-0.15, -0.1) is 0 Å². The summed E-state index contributed by atoms with van der Waals surface area (Å²) in [6.07, 6.45) is 0.385. The Balaban J connectivity index is 2.06. The monoisotopic (exact) mass is 376 g/mol. The van der Waals surface area contributed by atoms with Crippen molar-refractivity contribution in [3.8, 4) is 5.75 Å². The Hall–Kier alpha value is -0.550. The van der Waals surface area contributed by atoms with Crippen LogP contribution >= 0.6 is 31.9 Å². The van der Waals surface area contributed by atoms with Crippen molar-refractivity contribution in [1.29, 1.82) is 0 Å². The summed E-state index contributed by atoms with van der Waals surface area (Å²) < 4.78 is 4.72. The summed E-state index contributed by atoms with van der Waals surface area (Å²) in [4.78, 5) is 11.5. The van der Waals surface area contributed by atoms with E-state index in [1.165, 1.54) is 0 Å². The molecule has 0 radical (unpaired) electrons. The molecule has 2 rings (SSSR count). The van der Waals surface area contributed by atoms with Crippen molar-refractivity contribution in [3.05, 3.63) is 29.8 Å². The fourth-order valence-electron chi connectivity index (χ4n) is 2.18. The fourth-order valence-corrected chi connectivity index (χ4v) is 3.93. The van der Waals surface area contributed by atoms with Crippen molar-refractivity contribution in [2.24, 2.45) is 5.92 Å². The van der Waals surface area contributed by atoms with Gasteiger partial charge in [-0.05, 0) is 24.6 Å². The second kappa shape index (κ2) is 5.21. The highest BCUT2D eigenvalue weighted by molar-refractivity contribution is 9.25. The van der Waals surface area contributed by atoms with Gasteiger partial charge >= 0.3 is 5.97 Å². The molecule has 1 saturated carbocycles. The van der Waals surface area contributed by atoms with E-state index >= 15 is 0 Å². The highest BCUT2D eigenvalue weighted by Gasteiger charge is 2.62. The van der Waals surface area contributed by atoms with E-state index in [0.717, 1.165) is 5.56 Å². The first kappa shape index (κ1) is 13.9. The second-order valence-electron chi connectivity index (χ2n) is 4.36. The molecule has 1 aliphatic carbocycles.